The molecule has 0 aliphatic heterocycles. The summed E-state index contributed by atoms with van der Waals surface area (Å²) in [6, 6.07) is 4.54. The summed E-state index contributed by atoms with van der Waals surface area (Å²) < 4.78 is 10.6. The van der Waals surface area contributed by atoms with Crippen LogP contribution in [0.5, 0.6) is 5.75 Å². The van der Waals surface area contributed by atoms with Crippen LogP contribution in [0.1, 0.15) is 25.8 Å². The van der Waals surface area contributed by atoms with E-state index >= 15 is 0 Å². The van der Waals surface area contributed by atoms with Crippen molar-refractivity contribution < 1.29 is 19.2 Å². The zero-order valence-electron chi connectivity index (χ0n) is 13.1. The molecule has 0 fully saturated rings. The average Bonchev–Trinajstić information content (AvgIpc) is 2.44. The molecule has 1 amide bonds. The monoisotopic (exact) mass is 310 g/mol. The van der Waals surface area contributed by atoms with Gasteiger partial charge in [0.15, 0.2) is 12.4 Å². The number of amides is 1. The number of carbonyl (C=O) groups is 1. The van der Waals surface area contributed by atoms with Crippen LogP contribution in [0, 0.1) is 17.0 Å². The Balaban J connectivity index is 2.38. The lowest BCUT2D eigenvalue weighted by molar-refractivity contribution is -0.385. The molecule has 0 bridgehead atoms. The van der Waals surface area contributed by atoms with Gasteiger partial charge in [0.25, 0.3) is 5.91 Å². The number of benzene rings is 1. The Bertz CT molecular complexity index is 517. The molecule has 22 heavy (non-hydrogen) atoms. The van der Waals surface area contributed by atoms with Gasteiger partial charge in [-0.25, -0.2) is 0 Å². The number of nitrogens with one attached hydrogen (secondary N) is 1. The quantitative estimate of drug-likeness (QED) is 0.429. The highest BCUT2D eigenvalue weighted by Gasteiger charge is 2.15. The first kappa shape index (κ1) is 17.9. The molecule has 0 radical (unpaired) electrons. The molecule has 1 aromatic rings. The molecular formula is C15H22N2O5. The van der Waals surface area contributed by atoms with Gasteiger partial charge < -0.3 is 14.8 Å². The van der Waals surface area contributed by atoms with Crippen LogP contribution in [0.25, 0.3) is 0 Å². The highest BCUT2D eigenvalue weighted by Crippen LogP contribution is 2.27. The minimum Gasteiger partial charge on any atom is -0.477 e. The molecule has 0 aliphatic carbocycles. The van der Waals surface area contributed by atoms with Gasteiger partial charge in [-0.3, -0.25) is 14.9 Å². The lowest BCUT2D eigenvalue weighted by Gasteiger charge is -2.09. The van der Waals surface area contributed by atoms with Gasteiger partial charge in [-0.2, -0.15) is 0 Å². The Morgan fingerprint density at radius 2 is 2.14 bits per heavy atom. The van der Waals surface area contributed by atoms with Crippen LogP contribution >= 0.6 is 0 Å². The molecule has 0 atom stereocenters. The van der Waals surface area contributed by atoms with E-state index in [0.717, 1.165) is 5.56 Å². The molecule has 0 aromatic heterocycles. The van der Waals surface area contributed by atoms with Gasteiger partial charge in [0.2, 0.25) is 0 Å². The van der Waals surface area contributed by atoms with Crippen molar-refractivity contribution in [2.75, 3.05) is 19.8 Å². The Morgan fingerprint density at radius 1 is 1.41 bits per heavy atom. The van der Waals surface area contributed by atoms with E-state index in [0.29, 0.717) is 19.6 Å². The van der Waals surface area contributed by atoms with Crippen LogP contribution in [-0.2, 0) is 9.53 Å². The summed E-state index contributed by atoms with van der Waals surface area (Å²) in [7, 11) is 0. The summed E-state index contributed by atoms with van der Waals surface area (Å²) in [6.45, 7) is 6.48. The summed E-state index contributed by atoms with van der Waals surface area (Å²) >= 11 is 0. The van der Waals surface area contributed by atoms with Gasteiger partial charge >= 0.3 is 5.69 Å². The maximum Gasteiger partial charge on any atom is 0.310 e. The second kappa shape index (κ2) is 8.99. The Morgan fingerprint density at radius 3 is 2.77 bits per heavy atom. The minimum atomic E-state index is -0.532. The van der Waals surface area contributed by atoms with Crippen molar-refractivity contribution in [1.82, 2.24) is 5.32 Å². The van der Waals surface area contributed by atoms with Gasteiger partial charge in [-0.05, 0) is 38.8 Å². The molecule has 0 unspecified atom stereocenters. The van der Waals surface area contributed by atoms with Gasteiger partial charge in [-0.1, -0.05) is 6.07 Å². The van der Waals surface area contributed by atoms with E-state index in [9.17, 15) is 14.9 Å². The zero-order valence-corrected chi connectivity index (χ0v) is 13.1. The number of aryl methyl sites for hydroxylation is 1. The number of rotatable bonds is 9. The predicted octanol–water partition coefficient (Wildman–Crippen LogP) is 2.21. The second-order valence-corrected chi connectivity index (χ2v) is 5.14. The lowest BCUT2D eigenvalue weighted by Crippen LogP contribution is -2.30. The molecule has 122 valence electrons. The fourth-order valence-electron chi connectivity index (χ4n) is 1.70. The lowest BCUT2D eigenvalue weighted by atomic mass is 10.2. The third kappa shape index (κ3) is 6.53. The van der Waals surface area contributed by atoms with E-state index in [2.05, 4.69) is 5.32 Å². The van der Waals surface area contributed by atoms with Crippen molar-refractivity contribution in [3.05, 3.63) is 33.9 Å². The van der Waals surface area contributed by atoms with Crippen LogP contribution in [0.3, 0.4) is 0 Å². The fraction of sp³-hybridized carbons (Fsp3) is 0.533. The maximum absolute atomic E-state index is 11.6. The molecule has 0 saturated carbocycles. The van der Waals surface area contributed by atoms with Crippen LogP contribution in [0.2, 0.25) is 0 Å². The van der Waals surface area contributed by atoms with Crippen molar-refractivity contribution in [2.45, 2.75) is 33.3 Å². The van der Waals surface area contributed by atoms with Crippen LogP contribution in [0.15, 0.2) is 18.2 Å². The summed E-state index contributed by atoms with van der Waals surface area (Å²) in [6.07, 6.45) is 0.870. The van der Waals surface area contributed by atoms with Gasteiger partial charge in [-0.15, -0.1) is 0 Å². The molecule has 1 N–H and O–H groups in total. The summed E-state index contributed by atoms with van der Waals surface area (Å²) in [5, 5.41) is 13.6. The Hall–Kier alpha value is -2.15. The number of nitro groups is 1. The molecule has 1 rings (SSSR count). The number of hydrogen-bond acceptors (Lipinski definition) is 5. The SMILES string of the molecule is Cc1ccc([N+](=O)[O-])c(OCC(=O)NCCCOC(C)C)c1. The van der Waals surface area contributed by atoms with E-state index in [4.69, 9.17) is 9.47 Å². The Labute approximate surface area is 129 Å². The van der Waals surface area contributed by atoms with E-state index < -0.39 is 4.92 Å². The maximum atomic E-state index is 11.6. The summed E-state index contributed by atoms with van der Waals surface area (Å²) in [4.78, 5) is 22.0. The third-order valence-corrected chi connectivity index (χ3v) is 2.77. The summed E-state index contributed by atoms with van der Waals surface area (Å²) in [5.74, 6) is -0.219. The first-order valence-corrected chi connectivity index (χ1v) is 7.16. The van der Waals surface area contributed by atoms with Gasteiger partial charge in [0.1, 0.15) is 0 Å². The average molecular weight is 310 g/mol. The van der Waals surface area contributed by atoms with Crippen molar-refractivity contribution in [3.63, 3.8) is 0 Å². The topological polar surface area (TPSA) is 90.7 Å². The molecule has 0 heterocycles. The molecule has 0 aliphatic rings. The minimum absolute atomic E-state index is 0.100. The smallest absolute Gasteiger partial charge is 0.310 e. The van der Waals surface area contributed by atoms with Gasteiger partial charge in [0, 0.05) is 19.2 Å². The van der Waals surface area contributed by atoms with E-state index in [1.54, 1.807) is 19.1 Å². The second-order valence-electron chi connectivity index (χ2n) is 5.14. The molecule has 7 nitrogen and oxygen atoms in total. The normalized spacial score (nSPS) is 10.5. The Kier molecular flexibility index (Phi) is 7.31. The third-order valence-electron chi connectivity index (χ3n) is 2.77. The van der Waals surface area contributed by atoms with Crippen molar-refractivity contribution in [3.8, 4) is 5.75 Å². The number of ether oxygens (including phenoxy) is 2. The zero-order chi connectivity index (χ0) is 16.5. The predicted molar refractivity (Wildman–Crippen MR) is 82.0 cm³/mol. The molecule has 7 heteroatoms. The molecule has 0 spiro atoms. The first-order valence-electron chi connectivity index (χ1n) is 7.16. The van der Waals surface area contributed by atoms with Crippen LogP contribution < -0.4 is 10.1 Å². The van der Waals surface area contributed by atoms with E-state index in [-0.39, 0.29) is 30.1 Å². The van der Waals surface area contributed by atoms with Gasteiger partial charge in [0.05, 0.1) is 11.0 Å². The number of nitro benzene ring substituents is 1. The van der Waals surface area contributed by atoms with Crippen molar-refractivity contribution in [2.24, 2.45) is 0 Å². The van der Waals surface area contributed by atoms with Crippen molar-refractivity contribution in [1.29, 1.82) is 0 Å². The first-order chi connectivity index (χ1) is 10.4. The number of nitrogens with zero attached hydrogens (tertiary/aromatic N) is 1. The van der Waals surface area contributed by atoms with Crippen LogP contribution in [0.4, 0.5) is 5.69 Å². The van der Waals surface area contributed by atoms with Crippen molar-refractivity contribution >= 4 is 11.6 Å². The highest BCUT2D eigenvalue weighted by atomic mass is 16.6. The largest absolute Gasteiger partial charge is 0.477 e. The van der Waals surface area contributed by atoms with E-state index in [1.807, 2.05) is 13.8 Å². The highest BCUT2D eigenvalue weighted by molar-refractivity contribution is 5.77. The van der Waals surface area contributed by atoms with E-state index in [1.165, 1.54) is 6.07 Å². The number of hydrogen-bond donors (Lipinski definition) is 1. The fourth-order valence-corrected chi connectivity index (χ4v) is 1.70. The summed E-state index contributed by atoms with van der Waals surface area (Å²) in [5.41, 5.74) is 0.676. The van der Waals surface area contributed by atoms with Crippen LogP contribution in [-0.4, -0.2) is 36.7 Å². The molecular weight excluding hydrogens is 288 g/mol. The standard InChI is InChI=1S/C15H22N2O5/c1-11(2)21-8-4-7-16-15(18)10-22-14-9-12(3)5-6-13(14)17(19)20/h5-6,9,11H,4,7-8,10H2,1-3H3,(H,16,18). The number of carbonyl (C=O) groups excluding carboxylic acids is 1. The molecule has 0 saturated heterocycles. The molecule has 1 aromatic carbocycles.